The second kappa shape index (κ2) is 5.98. The first-order valence-corrected chi connectivity index (χ1v) is 6.17. The quantitative estimate of drug-likeness (QED) is 0.306. The third kappa shape index (κ3) is 3.13. The summed E-state index contributed by atoms with van der Waals surface area (Å²) in [6, 6.07) is 9.46. The molecule has 0 radical (unpaired) electrons. The number of hydrogen-bond acceptors (Lipinski definition) is 5. The highest BCUT2D eigenvalue weighted by molar-refractivity contribution is 7.80. The Labute approximate surface area is 125 Å². The van der Waals surface area contributed by atoms with Gasteiger partial charge in [-0.25, -0.2) is 0 Å². The van der Waals surface area contributed by atoms with Crippen molar-refractivity contribution in [2.45, 2.75) is 0 Å². The zero-order valence-corrected chi connectivity index (χ0v) is 11.5. The van der Waals surface area contributed by atoms with Crippen molar-refractivity contribution in [3.8, 4) is 17.4 Å². The van der Waals surface area contributed by atoms with Crippen molar-refractivity contribution >= 4 is 29.0 Å². The summed E-state index contributed by atoms with van der Waals surface area (Å²) in [5, 5.41) is 19.6. The molecule has 2 N–H and O–H groups in total. The number of nitro benzene ring substituents is 1. The molecule has 1 aromatic carbocycles. The van der Waals surface area contributed by atoms with Crippen LogP contribution in [0.25, 0.3) is 17.4 Å². The molecule has 0 atom stereocenters. The van der Waals surface area contributed by atoms with Gasteiger partial charge in [0.25, 0.3) is 5.69 Å². The van der Waals surface area contributed by atoms with E-state index in [1.807, 2.05) is 6.07 Å². The Morgan fingerprint density at radius 1 is 1.38 bits per heavy atom. The maximum Gasteiger partial charge on any atom is 0.269 e. The van der Waals surface area contributed by atoms with E-state index in [1.165, 1.54) is 24.5 Å². The van der Waals surface area contributed by atoms with Crippen LogP contribution in [0.15, 0.2) is 46.6 Å². The number of nitro groups is 1. The number of rotatable bonds is 4. The molecule has 2 rings (SSSR count). The lowest BCUT2D eigenvalue weighted by atomic mass is 10.1. The SMILES string of the molecule is N#C/C(=C/c1ccoc1-c1ccc([N+](=O)[O-])cc1)C(N)=S. The van der Waals surface area contributed by atoms with Crippen LogP contribution in [0, 0.1) is 21.4 Å². The molecule has 0 aliphatic heterocycles. The number of thiocarbonyl (C=S) groups is 1. The van der Waals surface area contributed by atoms with Crippen molar-refractivity contribution in [2.24, 2.45) is 5.73 Å². The van der Waals surface area contributed by atoms with Gasteiger partial charge in [0.1, 0.15) is 16.8 Å². The Balaban J connectivity index is 2.43. The molecule has 0 fully saturated rings. The van der Waals surface area contributed by atoms with Crippen LogP contribution >= 0.6 is 12.2 Å². The summed E-state index contributed by atoms with van der Waals surface area (Å²) < 4.78 is 5.37. The maximum atomic E-state index is 10.6. The van der Waals surface area contributed by atoms with E-state index in [9.17, 15) is 10.1 Å². The zero-order valence-electron chi connectivity index (χ0n) is 10.6. The largest absolute Gasteiger partial charge is 0.464 e. The summed E-state index contributed by atoms with van der Waals surface area (Å²) in [6.07, 6.45) is 2.97. The second-order valence-electron chi connectivity index (χ2n) is 4.04. The Bertz CT molecular complexity index is 770. The minimum Gasteiger partial charge on any atom is -0.464 e. The first-order chi connectivity index (χ1) is 10.0. The van der Waals surface area contributed by atoms with Gasteiger partial charge in [-0.15, -0.1) is 0 Å². The van der Waals surface area contributed by atoms with Gasteiger partial charge in [-0.05, 0) is 24.3 Å². The molecule has 0 amide bonds. The summed E-state index contributed by atoms with van der Waals surface area (Å²) in [5.74, 6) is 0.480. The number of non-ortho nitro benzene ring substituents is 1. The van der Waals surface area contributed by atoms with E-state index in [0.29, 0.717) is 16.9 Å². The summed E-state index contributed by atoms with van der Waals surface area (Å²) in [6.45, 7) is 0. The number of nitrogens with zero attached hydrogens (tertiary/aromatic N) is 2. The van der Waals surface area contributed by atoms with Crippen molar-refractivity contribution in [3.05, 3.63) is 57.8 Å². The lowest BCUT2D eigenvalue weighted by Crippen LogP contribution is -2.09. The molecule has 1 heterocycles. The van der Waals surface area contributed by atoms with Crippen LogP contribution in [-0.2, 0) is 0 Å². The number of benzene rings is 1. The molecule has 104 valence electrons. The monoisotopic (exact) mass is 299 g/mol. The van der Waals surface area contributed by atoms with Gasteiger partial charge < -0.3 is 10.2 Å². The van der Waals surface area contributed by atoms with Crippen molar-refractivity contribution in [1.29, 1.82) is 5.26 Å². The normalized spacial score (nSPS) is 10.9. The molecule has 0 saturated heterocycles. The van der Waals surface area contributed by atoms with Crippen molar-refractivity contribution in [2.75, 3.05) is 0 Å². The van der Waals surface area contributed by atoms with Gasteiger partial charge in [0.15, 0.2) is 0 Å². The molecule has 0 unspecified atom stereocenters. The molecule has 0 aliphatic carbocycles. The first kappa shape index (κ1) is 14.4. The third-order valence-electron chi connectivity index (χ3n) is 2.72. The van der Waals surface area contributed by atoms with Crippen LogP contribution < -0.4 is 5.73 Å². The fourth-order valence-corrected chi connectivity index (χ4v) is 1.82. The minimum absolute atomic E-state index is 0.00616. The lowest BCUT2D eigenvalue weighted by molar-refractivity contribution is -0.384. The molecule has 0 saturated carbocycles. The van der Waals surface area contributed by atoms with Crippen molar-refractivity contribution in [1.82, 2.24) is 0 Å². The van der Waals surface area contributed by atoms with Crippen molar-refractivity contribution < 1.29 is 9.34 Å². The van der Waals surface area contributed by atoms with E-state index in [0.717, 1.165) is 0 Å². The van der Waals surface area contributed by atoms with Crippen molar-refractivity contribution in [3.63, 3.8) is 0 Å². The van der Waals surface area contributed by atoms with E-state index < -0.39 is 4.92 Å². The molecule has 1 aromatic heterocycles. The Morgan fingerprint density at radius 2 is 2.05 bits per heavy atom. The number of nitriles is 1. The number of nitrogens with two attached hydrogens (primary N) is 1. The second-order valence-corrected chi connectivity index (χ2v) is 4.48. The highest BCUT2D eigenvalue weighted by Gasteiger charge is 2.11. The Morgan fingerprint density at radius 3 is 2.57 bits per heavy atom. The van der Waals surface area contributed by atoms with Gasteiger partial charge in [-0.3, -0.25) is 10.1 Å². The average Bonchev–Trinajstić information content (AvgIpc) is 2.92. The molecule has 2 aromatic rings. The van der Waals surface area contributed by atoms with E-state index in [-0.39, 0.29) is 16.2 Å². The van der Waals surface area contributed by atoms with Gasteiger partial charge in [0.05, 0.1) is 16.8 Å². The molecule has 21 heavy (non-hydrogen) atoms. The number of furan rings is 1. The topological polar surface area (TPSA) is 106 Å². The lowest BCUT2D eigenvalue weighted by Gasteiger charge is -2.00. The van der Waals surface area contributed by atoms with Crippen LogP contribution in [-0.4, -0.2) is 9.91 Å². The first-order valence-electron chi connectivity index (χ1n) is 5.77. The van der Waals surface area contributed by atoms with Gasteiger partial charge in [-0.2, -0.15) is 5.26 Å². The molecule has 0 aliphatic rings. The van der Waals surface area contributed by atoms with Gasteiger partial charge >= 0.3 is 0 Å². The van der Waals surface area contributed by atoms with Crippen LogP contribution in [0.3, 0.4) is 0 Å². The van der Waals surface area contributed by atoms with Gasteiger partial charge in [-0.1, -0.05) is 12.2 Å². The summed E-state index contributed by atoms with van der Waals surface area (Å²) >= 11 is 4.78. The van der Waals surface area contributed by atoms with E-state index in [4.69, 9.17) is 27.6 Å². The van der Waals surface area contributed by atoms with Crippen LogP contribution in [0.2, 0.25) is 0 Å². The fraction of sp³-hybridized carbons (Fsp3) is 0. The predicted molar refractivity (Wildman–Crippen MR) is 81.2 cm³/mol. The molecule has 0 spiro atoms. The molecular formula is C14H9N3O3S. The number of hydrogen-bond donors (Lipinski definition) is 1. The standard InChI is InChI=1S/C14H9N3O3S/c15-8-11(14(16)21)7-10-5-6-20-13(10)9-1-3-12(4-2-9)17(18)19/h1-7H,(H2,16,21)/b11-7-. The summed E-state index contributed by atoms with van der Waals surface area (Å²) in [5.41, 5.74) is 6.86. The maximum absolute atomic E-state index is 10.6. The van der Waals surface area contributed by atoms with Crippen LogP contribution in [0.1, 0.15) is 5.56 Å². The van der Waals surface area contributed by atoms with Gasteiger partial charge in [0, 0.05) is 23.3 Å². The zero-order chi connectivity index (χ0) is 15.4. The van der Waals surface area contributed by atoms with E-state index in [1.54, 1.807) is 18.2 Å². The van der Waals surface area contributed by atoms with Crippen LogP contribution in [0.5, 0.6) is 0 Å². The Kier molecular flexibility index (Phi) is 4.11. The minimum atomic E-state index is -0.479. The molecular weight excluding hydrogens is 290 g/mol. The van der Waals surface area contributed by atoms with E-state index in [2.05, 4.69) is 0 Å². The van der Waals surface area contributed by atoms with E-state index >= 15 is 0 Å². The molecule has 7 heteroatoms. The van der Waals surface area contributed by atoms with Crippen LogP contribution in [0.4, 0.5) is 5.69 Å². The molecule has 6 nitrogen and oxygen atoms in total. The Hall–Kier alpha value is -2.98. The average molecular weight is 299 g/mol. The summed E-state index contributed by atoms with van der Waals surface area (Å²) in [4.78, 5) is 10.1. The fourth-order valence-electron chi connectivity index (χ4n) is 1.72. The summed E-state index contributed by atoms with van der Waals surface area (Å²) in [7, 11) is 0. The predicted octanol–water partition coefficient (Wildman–Crippen LogP) is 3.05. The smallest absolute Gasteiger partial charge is 0.269 e. The highest BCUT2D eigenvalue weighted by atomic mass is 32.1. The highest BCUT2D eigenvalue weighted by Crippen LogP contribution is 2.28. The van der Waals surface area contributed by atoms with Gasteiger partial charge in [0.2, 0.25) is 0 Å². The third-order valence-corrected chi connectivity index (χ3v) is 2.94. The molecule has 0 bridgehead atoms.